The summed E-state index contributed by atoms with van der Waals surface area (Å²) >= 11 is 0. The van der Waals surface area contributed by atoms with Gasteiger partial charge in [-0.1, -0.05) is 0 Å². The van der Waals surface area contributed by atoms with Crippen LogP contribution in [0.1, 0.15) is 0 Å². The van der Waals surface area contributed by atoms with Crippen LogP contribution in [-0.2, 0) is 13.1 Å². The molecule has 3 heterocycles. The molecule has 13 nitrogen and oxygen atoms in total. The summed E-state index contributed by atoms with van der Waals surface area (Å²) in [6.07, 6.45) is 0. The summed E-state index contributed by atoms with van der Waals surface area (Å²) in [6, 6.07) is 12.1. The maximum atomic E-state index is 13.2. The standard InChI is InChI=1S/C9H7F2N3O2.C9H9F2N3.C7H4FN3O2/c10-3-4-13-8-5-6(14(15)16)1-2-7(8)9(11)12-13;10-3-4-14-8-5-6(12)1-2-7(8)9(11)13-14;8-7-5-2-1-4(11(12)13)3-6(5)9-10-7/h1-2,5H,3-4H2;1-2,5H,3-4,12H2;1-3H,(H,9,10). The lowest BCUT2D eigenvalue weighted by atomic mass is 10.2. The van der Waals surface area contributed by atoms with Gasteiger partial charge in [0.25, 0.3) is 11.4 Å². The first-order valence-corrected chi connectivity index (χ1v) is 12.2. The van der Waals surface area contributed by atoms with Gasteiger partial charge in [0.05, 0.1) is 50.1 Å². The van der Waals surface area contributed by atoms with Gasteiger partial charge in [0, 0.05) is 30.0 Å². The molecule has 0 fully saturated rings. The van der Waals surface area contributed by atoms with Crippen molar-refractivity contribution in [1.82, 2.24) is 29.8 Å². The van der Waals surface area contributed by atoms with Gasteiger partial charge in [0.1, 0.15) is 18.9 Å². The molecule has 0 bridgehead atoms. The fourth-order valence-electron chi connectivity index (χ4n) is 3.97. The van der Waals surface area contributed by atoms with Crippen LogP contribution in [0.3, 0.4) is 0 Å². The molecule has 3 N–H and O–H groups in total. The molecule has 6 rings (SSSR count). The number of rotatable bonds is 6. The highest BCUT2D eigenvalue weighted by Gasteiger charge is 2.15. The molecule has 0 saturated heterocycles. The number of aromatic amines is 1. The summed E-state index contributed by atoms with van der Waals surface area (Å²) in [5, 5.41) is 34.3. The van der Waals surface area contributed by atoms with Crippen molar-refractivity contribution in [1.29, 1.82) is 0 Å². The number of non-ortho nitro benzene ring substituents is 2. The lowest BCUT2D eigenvalue weighted by Gasteiger charge is -1.99. The van der Waals surface area contributed by atoms with Gasteiger partial charge in [0.15, 0.2) is 0 Å². The normalized spacial score (nSPS) is 10.8. The van der Waals surface area contributed by atoms with Crippen LogP contribution >= 0.6 is 0 Å². The molecule has 3 aromatic carbocycles. The number of H-pyrrole nitrogens is 1. The number of nitrogen functional groups attached to an aromatic ring is 1. The number of aromatic nitrogens is 6. The fraction of sp³-hybridized carbons (Fsp3) is 0.160. The Balaban J connectivity index is 0.000000148. The molecule has 18 heteroatoms. The Labute approximate surface area is 236 Å². The van der Waals surface area contributed by atoms with Gasteiger partial charge in [-0.05, 0) is 30.3 Å². The number of fused-ring (bicyclic) bond motifs is 3. The lowest BCUT2D eigenvalue weighted by Crippen LogP contribution is -2.01. The van der Waals surface area contributed by atoms with E-state index < -0.39 is 41.0 Å². The number of alkyl halides is 2. The van der Waals surface area contributed by atoms with Gasteiger partial charge in [0.2, 0.25) is 17.8 Å². The Hall–Kier alpha value is -5.68. The van der Waals surface area contributed by atoms with Crippen molar-refractivity contribution in [3.05, 3.63) is 92.7 Å². The number of nitrogens with two attached hydrogens (primary N) is 1. The molecule has 0 unspecified atom stereocenters. The molecular formula is C25H20F5N9O4. The van der Waals surface area contributed by atoms with E-state index in [9.17, 15) is 42.2 Å². The minimum absolute atomic E-state index is 0.0455. The molecule has 6 aromatic rings. The van der Waals surface area contributed by atoms with Crippen LogP contribution in [0, 0.1) is 38.1 Å². The number of hydrogen-bond donors (Lipinski definition) is 2. The molecule has 0 amide bonds. The number of aryl methyl sites for hydroxylation is 2. The van der Waals surface area contributed by atoms with Gasteiger partial charge in [-0.25, -0.2) is 8.78 Å². The highest BCUT2D eigenvalue weighted by Crippen LogP contribution is 2.23. The number of benzene rings is 3. The Kier molecular flexibility index (Phi) is 9.07. The number of anilines is 1. The van der Waals surface area contributed by atoms with Crippen molar-refractivity contribution in [2.45, 2.75) is 13.1 Å². The highest BCUT2D eigenvalue weighted by atomic mass is 19.1. The van der Waals surface area contributed by atoms with E-state index in [1.807, 2.05) is 0 Å². The zero-order valence-corrected chi connectivity index (χ0v) is 21.8. The van der Waals surface area contributed by atoms with Crippen molar-refractivity contribution in [2.24, 2.45) is 0 Å². The average molecular weight is 605 g/mol. The minimum atomic E-state index is -0.752. The van der Waals surface area contributed by atoms with E-state index in [1.165, 1.54) is 41.1 Å². The molecule has 224 valence electrons. The van der Waals surface area contributed by atoms with E-state index in [0.717, 1.165) is 4.68 Å². The average Bonchev–Trinajstić information content (AvgIpc) is 3.61. The molecule has 0 radical (unpaired) electrons. The summed E-state index contributed by atoms with van der Waals surface area (Å²) < 4.78 is 65.8. The van der Waals surface area contributed by atoms with Crippen molar-refractivity contribution in [3.8, 4) is 0 Å². The van der Waals surface area contributed by atoms with Crippen molar-refractivity contribution in [2.75, 3.05) is 19.1 Å². The molecule has 43 heavy (non-hydrogen) atoms. The van der Waals surface area contributed by atoms with E-state index >= 15 is 0 Å². The second-order valence-electron chi connectivity index (χ2n) is 8.64. The third-order valence-electron chi connectivity index (χ3n) is 5.93. The van der Waals surface area contributed by atoms with Crippen LogP contribution in [0.25, 0.3) is 32.7 Å². The Morgan fingerprint density at radius 3 is 1.77 bits per heavy atom. The van der Waals surface area contributed by atoms with Crippen molar-refractivity contribution >= 4 is 49.8 Å². The van der Waals surface area contributed by atoms with Crippen LogP contribution < -0.4 is 5.73 Å². The number of nitro benzene ring substituents is 2. The number of halogens is 5. The Morgan fingerprint density at radius 2 is 1.23 bits per heavy atom. The summed E-state index contributed by atoms with van der Waals surface area (Å²) in [6.45, 7) is -1.37. The predicted molar refractivity (Wildman–Crippen MR) is 145 cm³/mol. The second-order valence-corrected chi connectivity index (χ2v) is 8.64. The van der Waals surface area contributed by atoms with E-state index in [2.05, 4.69) is 20.4 Å². The summed E-state index contributed by atoms with van der Waals surface area (Å²) in [5.41, 5.74) is 6.79. The quantitative estimate of drug-likeness (QED) is 0.110. The molecule has 0 aliphatic carbocycles. The van der Waals surface area contributed by atoms with Gasteiger partial charge in [-0.2, -0.15) is 18.3 Å². The Bertz CT molecular complexity index is 1940. The van der Waals surface area contributed by atoms with E-state index in [4.69, 9.17) is 5.73 Å². The van der Waals surface area contributed by atoms with Gasteiger partial charge in [-0.15, -0.1) is 10.2 Å². The third-order valence-corrected chi connectivity index (χ3v) is 5.93. The van der Waals surface area contributed by atoms with Crippen molar-refractivity contribution < 1.29 is 31.8 Å². The van der Waals surface area contributed by atoms with Crippen LogP contribution in [0.2, 0.25) is 0 Å². The lowest BCUT2D eigenvalue weighted by molar-refractivity contribution is -0.384. The Morgan fingerprint density at radius 1 is 0.744 bits per heavy atom. The summed E-state index contributed by atoms with van der Waals surface area (Å²) in [5.74, 6) is -1.92. The molecule has 0 aliphatic rings. The molecule has 0 aliphatic heterocycles. The van der Waals surface area contributed by atoms with Crippen molar-refractivity contribution in [3.63, 3.8) is 0 Å². The number of nitro groups is 2. The first-order chi connectivity index (χ1) is 20.5. The SMILES string of the molecule is Nc1ccc2c(F)nn(CCF)c2c1.O=[N+]([O-])c1ccc2c(F)[nH]nc2c1.O=[N+]([O-])c1ccc2c(F)nn(CCF)c2c1. The van der Waals surface area contributed by atoms with Gasteiger partial charge in [-0.3, -0.25) is 34.7 Å². The molecule has 0 atom stereocenters. The van der Waals surface area contributed by atoms with Crippen LogP contribution in [0.4, 0.5) is 39.0 Å². The van der Waals surface area contributed by atoms with Crippen LogP contribution in [0.15, 0.2) is 54.6 Å². The zero-order valence-electron chi connectivity index (χ0n) is 21.8. The first-order valence-electron chi connectivity index (χ1n) is 12.2. The van der Waals surface area contributed by atoms with E-state index in [-0.39, 0.29) is 46.3 Å². The monoisotopic (exact) mass is 605 g/mol. The van der Waals surface area contributed by atoms with Crippen LogP contribution in [0.5, 0.6) is 0 Å². The zero-order chi connectivity index (χ0) is 31.3. The van der Waals surface area contributed by atoms with E-state index in [1.54, 1.807) is 18.2 Å². The second kappa shape index (κ2) is 12.9. The van der Waals surface area contributed by atoms with Crippen LogP contribution in [-0.4, -0.2) is 53.0 Å². The maximum absolute atomic E-state index is 13.2. The van der Waals surface area contributed by atoms with E-state index in [0.29, 0.717) is 16.6 Å². The maximum Gasteiger partial charge on any atom is 0.271 e. The summed E-state index contributed by atoms with van der Waals surface area (Å²) in [4.78, 5) is 19.7. The molecular weight excluding hydrogens is 585 g/mol. The molecule has 0 saturated carbocycles. The highest BCUT2D eigenvalue weighted by molar-refractivity contribution is 5.83. The molecule has 3 aromatic heterocycles. The largest absolute Gasteiger partial charge is 0.399 e. The fourth-order valence-corrected chi connectivity index (χ4v) is 3.97. The number of nitrogens with one attached hydrogen (secondary N) is 1. The number of nitrogens with zero attached hydrogens (tertiary/aromatic N) is 7. The predicted octanol–water partition coefficient (Wildman–Crippen LogP) is 5.39. The van der Waals surface area contributed by atoms with Gasteiger partial charge >= 0.3 is 0 Å². The minimum Gasteiger partial charge on any atom is -0.399 e. The first kappa shape index (κ1) is 30.3. The number of hydrogen-bond acceptors (Lipinski definition) is 8. The molecule has 0 spiro atoms. The topological polar surface area (TPSA) is 177 Å². The van der Waals surface area contributed by atoms with Gasteiger partial charge < -0.3 is 5.73 Å². The third kappa shape index (κ3) is 6.63. The smallest absolute Gasteiger partial charge is 0.271 e. The summed E-state index contributed by atoms with van der Waals surface area (Å²) in [7, 11) is 0.